The van der Waals surface area contributed by atoms with E-state index >= 15 is 0 Å². The van der Waals surface area contributed by atoms with Gasteiger partial charge in [-0.25, -0.2) is 0 Å². The van der Waals surface area contributed by atoms with Gasteiger partial charge in [0.15, 0.2) is 0 Å². The Balaban J connectivity index is 2.43. The van der Waals surface area contributed by atoms with E-state index in [0.717, 1.165) is 11.1 Å². The first kappa shape index (κ1) is 9.00. The van der Waals surface area contributed by atoms with E-state index in [4.69, 9.17) is 16.3 Å². The molecule has 0 unspecified atom stereocenters. The second-order valence-corrected chi connectivity index (χ2v) is 3.92. The van der Waals surface area contributed by atoms with E-state index in [2.05, 4.69) is 0 Å². The van der Waals surface area contributed by atoms with Crippen molar-refractivity contribution in [2.24, 2.45) is 0 Å². The summed E-state index contributed by atoms with van der Waals surface area (Å²) in [5.74, 6) is 0. The summed E-state index contributed by atoms with van der Waals surface area (Å²) in [4.78, 5) is 0. The first-order valence-corrected chi connectivity index (χ1v) is 4.56. The van der Waals surface area contributed by atoms with Gasteiger partial charge in [0.05, 0.1) is 13.2 Å². The van der Waals surface area contributed by atoms with E-state index < -0.39 is 5.60 Å². The zero-order chi connectivity index (χ0) is 9.47. The standard InChI is InChI=1S/C10H11ClO2/c1-7-2-3-8(11)4-9(7)10(12)5-13-6-10/h2-4,12H,5-6H2,1H3. The minimum absolute atomic E-state index is 0.369. The number of halogens is 1. The first-order chi connectivity index (χ1) is 6.12. The van der Waals surface area contributed by atoms with Crippen LogP contribution in [0.1, 0.15) is 11.1 Å². The van der Waals surface area contributed by atoms with Crippen LogP contribution < -0.4 is 0 Å². The van der Waals surface area contributed by atoms with Crippen LogP contribution in [-0.2, 0) is 10.3 Å². The van der Waals surface area contributed by atoms with Gasteiger partial charge in [0.25, 0.3) is 0 Å². The fraction of sp³-hybridized carbons (Fsp3) is 0.400. The average molecular weight is 199 g/mol. The molecule has 0 radical (unpaired) electrons. The Bertz CT molecular complexity index is 332. The van der Waals surface area contributed by atoms with E-state index in [9.17, 15) is 5.11 Å². The fourth-order valence-corrected chi connectivity index (χ4v) is 1.72. The Morgan fingerprint density at radius 3 is 2.69 bits per heavy atom. The van der Waals surface area contributed by atoms with Crippen LogP contribution in [0.5, 0.6) is 0 Å². The maximum absolute atomic E-state index is 10.0. The molecule has 70 valence electrons. The highest BCUT2D eigenvalue weighted by molar-refractivity contribution is 6.30. The topological polar surface area (TPSA) is 29.5 Å². The van der Waals surface area contributed by atoms with Crippen LogP contribution >= 0.6 is 11.6 Å². The van der Waals surface area contributed by atoms with Crippen molar-refractivity contribution >= 4 is 11.6 Å². The monoisotopic (exact) mass is 198 g/mol. The predicted octanol–water partition coefficient (Wildman–Crippen LogP) is 1.87. The molecule has 1 aromatic carbocycles. The highest BCUT2D eigenvalue weighted by atomic mass is 35.5. The van der Waals surface area contributed by atoms with Gasteiger partial charge in [0, 0.05) is 5.02 Å². The second kappa shape index (κ2) is 2.98. The molecule has 0 atom stereocenters. The quantitative estimate of drug-likeness (QED) is 0.747. The predicted molar refractivity (Wildman–Crippen MR) is 50.9 cm³/mol. The van der Waals surface area contributed by atoms with Crippen molar-refractivity contribution in [3.05, 3.63) is 34.3 Å². The van der Waals surface area contributed by atoms with E-state index in [1.807, 2.05) is 19.1 Å². The Hall–Kier alpha value is -0.570. The molecule has 3 heteroatoms. The van der Waals surface area contributed by atoms with Gasteiger partial charge in [-0.2, -0.15) is 0 Å². The highest BCUT2D eigenvalue weighted by Crippen LogP contribution is 2.32. The van der Waals surface area contributed by atoms with Crippen molar-refractivity contribution in [1.29, 1.82) is 0 Å². The smallest absolute Gasteiger partial charge is 0.136 e. The van der Waals surface area contributed by atoms with Gasteiger partial charge in [0.2, 0.25) is 0 Å². The van der Waals surface area contributed by atoms with Crippen molar-refractivity contribution in [3.8, 4) is 0 Å². The molecule has 1 heterocycles. The Kier molecular flexibility index (Phi) is 2.06. The number of benzene rings is 1. The van der Waals surface area contributed by atoms with Gasteiger partial charge in [-0.3, -0.25) is 0 Å². The minimum Gasteiger partial charge on any atom is -0.380 e. The molecule has 1 aliphatic rings. The molecule has 0 aromatic heterocycles. The third-order valence-electron chi connectivity index (χ3n) is 2.38. The highest BCUT2D eigenvalue weighted by Gasteiger charge is 2.39. The summed E-state index contributed by atoms with van der Waals surface area (Å²) < 4.78 is 4.99. The van der Waals surface area contributed by atoms with Crippen molar-refractivity contribution in [2.75, 3.05) is 13.2 Å². The number of hydrogen-bond acceptors (Lipinski definition) is 2. The molecule has 1 fully saturated rings. The van der Waals surface area contributed by atoms with Crippen molar-refractivity contribution in [2.45, 2.75) is 12.5 Å². The average Bonchev–Trinajstić information content (AvgIpc) is 2.05. The second-order valence-electron chi connectivity index (χ2n) is 3.48. The fourth-order valence-electron chi connectivity index (χ4n) is 1.55. The van der Waals surface area contributed by atoms with E-state index in [-0.39, 0.29) is 0 Å². The van der Waals surface area contributed by atoms with Gasteiger partial charge in [0.1, 0.15) is 5.60 Å². The van der Waals surface area contributed by atoms with Gasteiger partial charge in [-0.15, -0.1) is 0 Å². The number of rotatable bonds is 1. The summed E-state index contributed by atoms with van der Waals surface area (Å²) >= 11 is 5.85. The molecule has 1 aliphatic heterocycles. The van der Waals surface area contributed by atoms with Gasteiger partial charge in [-0.1, -0.05) is 17.7 Å². The van der Waals surface area contributed by atoms with Crippen molar-refractivity contribution < 1.29 is 9.84 Å². The number of aliphatic hydroxyl groups is 1. The zero-order valence-corrected chi connectivity index (χ0v) is 8.14. The maximum Gasteiger partial charge on any atom is 0.136 e. The van der Waals surface area contributed by atoms with Crippen LogP contribution in [0.2, 0.25) is 5.02 Å². The summed E-state index contributed by atoms with van der Waals surface area (Å²) in [6.45, 7) is 2.70. The lowest BCUT2D eigenvalue weighted by molar-refractivity contribution is -0.184. The van der Waals surface area contributed by atoms with E-state index in [1.54, 1.807) is 6.07 Å². The van der Waals surface area contributed by atoms with Crippen molar-refractivity contribution in [1.82, 2.24) is 0 Å². The molecule has 0 aliphatic carbocycles. The Labute approximate surface area is 82.1 Å². The molecule has 0 amide bonds. The van der Waals surface area contributed by atoms with Gasteiger partial charge >= 0.3 is 0 Å². The number of hydrogen-bond donors (Lipinski definition) is 1. The minimum atomic E-state index is -0.811. The summed E-state index contributed by atoms with van der Waals surface area (Å²) in [6, 6.07) is 5.54. The number of ether oxygens (including phenoxy) is 1. The van der Waals surface area contributed by atoms with Crippen LogP contribution in [-0.4, -0.2) is 18.3 Å². The van der Waals surface area contributed by atoms with E-state index in [1.165, 1.54) is 0 Å². The summed E-state index contributed by atoms with van der Waals surface area (Å²) in [7, 11) is 0. The Morgan fingerprint density at radius 2 is 2.15 bits per heavy atom. The lowest BCUT2D eigenvalue weighted by Crippen LogP contribution is -2.47. The normalized spacial score (nSPS) is 19.6. The largest absolute Gasteiger partial charge is 0.380 e. The first-order valence-electron chi connectivity index (χ1n) is 4.19. The molecule has 1 saturated heterocycles. The molecule has 0 saturated carbocycles. The molecular weight excluding hydrogens is 188 g/mol. The molecule has 1 N–H and O–H groups in total. The molecule has 0 spiro atoms. The van der Waals surface area contributed by atoms with Crippen LogP contribution in [0.15, 0.2) is 18.2 Å². The van der Waals surface area contributed by atoms with Crippen LogP contribution in [0.3, 0.4) is 0 Å². The maximum atomic E-state index is 10.0. The third-order valence-corrected chi connectivity index (χ3v) is 2.62. The van der Waals surface area contributed by atoms with Crippen LogP contribution in [0, 0.1) is 6.92 Å². The Morgan fingerprint density at radius 1 is 1.46 bits per heavy atom. The molecule has 0 bridgehead atoms. The van der Waals surface area contributed by atoms with Gasteiger partial charge < -0.3 is 9.84 Å². The molecule has 13 heavy (non-hydrogen) atoms. The lowest BCUT2D eigenvalue weighted by atomic mass is 9.89. The number of aryl methyl sites for hydroxylation is 1. The van der Waals surface area contributed by atoms with Crippen molar-refractivity contribution in [3.63, 3.8) is 0 Å². The molecule has 1 aromatic rings. The SMILES string of the molecule is Cc1ccc(Cl)cc1C1(O)COC1. The zero-order valence-electron chi connectivity index (χ0n) is 7.38. The molecule has 2 rings (SSSR count). The third kappa shape index (κ3) is 1.46. The van der Waals surface area contributed by atoms with Gasteiger partial charge in [-0.05, 0) is 30.2 Å². The molecular formula is C10H11ClO2. The van der Waals surface area contributed by atoms with Crippen LogP contribution in [0.4, 0.5) is 0 Å². The summed E-state index contributed by atoms with van der Waals surface area (Å²) in [6.07, 6.45) is 0. The summed E-state index contributed by atoms with van der Waals surface area (Å²) in [5.41, 5.74) is 1.12. The van der Waals surface area contributed by atoms with E-state index in [0.29, 0.717) is 18.2 Å². The summed E-state index contributed by atoms with van der Waals surface area (Å²) in [5, 5.41) is 10.7. The van der Waals surface area contributed by atoms with Crippen LogP contribution in [0.25, 0.3) is 0 Å². The molecule has 2 nitrogen and oxygen atoms in total. The lowest BCUT2D eigenvalue weighted by Gasteiger charge is -2.37.